The Morgan fingerprint density at radius 3 is 1.11 bits per heavy atom. The fraction of sp³-hybridized carbons (Fsp3) is 0.766. The Kier molecular flexibility index (Phi) is 55.7. The lowest BCUT2D eigenvalue weighted by atomic mass is 10.0. The summed E-state index contributed by atoms with van der Waals surface area (Å²) >= 11 is 0. The standard InChI is InChI=1S/C64H113O11P/c1-4-7-10-13-16-19-22-25-27-29-30-32-33-36-38-41-44-47-50-53-62(66)71-57-61(75-64(68)55-52-49-46-43-40-37-34-31-28-26-23-20-17-14-11-8-5-2)59-73-76(69,70)72-58-60(56-65)74-63(67)54-51-48-45-42-39-35-24-21-18-15-12-9-6-3/h7,10,12,15-16,19,21,24-25,27,30,32,60-61,65H,4-6,8-9,11,13-14,17-18,20,22-23,26,28-29,31,33-59H2,1-3H3,(H,69,70)/b10-7-,15-12-,19-16-,24-21-,27-25-,32-30-. The average Bonchev–Trinajstić information content (AvgIpc) is 3.41. The number of carbonyl (C=O) groups is 3. The molecule has 2 N–H and O–H groups in total. The van der Waals surface area contributed by atoms with Crippen molar-refractivity contribution < 1.29 is 52.2 Å². The summed E-state index contributed by atoms with van der Waals surface area (Å²) in [5, 5.41) is 9.82. The van der Waals surface area contributed by atoms with E-state index >= 15 is 0 Å². The van der Waals surface area contributed by atoms with Crippen LogP contribution >= 0.6 is 7.82 Å². The zero-order valence-electron chi connectivity index (χ0n) is 48.7. The summed E-state index contributed by atoms with van der Waals surface area (Å²) in [6, 6.07) is 0. The average molecular weight is 1090 g/mol. The number of hydrogen-bond acceptors (Lipinski definition) is 10. The van der Waals surface area contributed by atoms with Crippen molar-refractivity contribution in [2.45, 2.75) is 290 Å². The molecule has 0 aliphatic heterocycles. The van der Waals surface area contributed by atoms with Gasteiger partial charge in [-0.25, -0.2) is 4.57 Å². The maximum atomic E-state index is 12.9. The van der Waals surface area contributed by atoms with Gasteiger partial charge in [-0.2, -0.15) is 0 Å². The fourth-order valence-corrected chi connectivity index (χ4v) is 9.23. The van der Waals surface area contributed by atoms with Crippen molar-refractivity contribution in [1.29, 1.82) is 0 Å². The first-order valence-corrected chi connectivity index (χ1v) is 32.3. The highest BCUT2D eigenvalue weighted by Crippen LogP contribution is 2.43. The number of esters is 3. The molecule has 0 aromatic rings. The minimum Gasteiger partial charge on any atom is -0.462 e. The van der Waals surface area contributed by atoms with Crippen molar-refractivity contribution in [2.24, 2.45) is 0 Å². The predicted molar refractivity (Wildman–Crippen MR) is 316 cm³/mol. The first kappa shape index (κ1) is 72.9. The Balaban J connectivity index is 4.73. The van der Waals surface area contributed by atoms with E-state index in [-0.39, 0.29) is 25.9 Å². The molecule has 0 saturated carbocycles. The van der Waals surface area contributed by atoms with E-state index in [9.17, 15) is 28.9 Å². The molecule has 0 aromatic carbocycles. The van der Waals surface area contributed by atoms with Crippen molar-refractivity contribution in [3.63, 3.8) is 0 Å². The Labute approximate surface area is 465 Å². The summed E-state index contributed by atoms with van der Waals surface area (Å²) in [6.07, 6.45) is 65.7. The third kappa shape index (κ3) is 55.7. The number of aliphatic hydroxyl groups excluding tert-OH is 1. The first-order chi connectivity index (χ1) is 37.2. The quantitative estimate of drug-likeness (QED) is 0.0197. The van der Waals surface area contributed by atoms with Crippen molar-refractivity contribution in [1.82, 2.24) is 0 Å². The smallest absolute Gasteiger partial charge is 0.462 e. The Morgan fingerprint density at radius 1 is 0.382 bits per heavy atom. The van der Waals surface area contributed by atoms with Crippen LogP contribution in [0.4, 0.5) is 0 Å². The van der Waals surface area contributed by atoms with Gasteiger partial charge in [0.2, 0.25) is 0 Å². The van der Waals surface area contributed by atoms with E-state index in [2.05, 4.69) is 93.7 Å². The van der Waals surface area contributed by atoms with Crippen molar-refractivity contribution >= 4 is 25.7 Å². The molecule has 3 unspecified atom stereocenters. The highest BCUT2D eigenvalue weighted by Gasteiger charge is 2.28. The monoisotopic (exact) mass is 1090 g/mol. The Hall–Kier alpha value is -3.08. The SMILES string of the molecule is CC/C=C\C/C=C\C/C=C\C/C=C\CCCCCCCCC(=O)OCC(COP(=O)(O)OCC(CO)OC(=O)CCCCCCC/C=C\C/C=C\CCC)OC(=O)CCCCCCCCCCCCCCCCCCC. The van der Waals surface area contributed by atoms with Crippen LogP contribution in [0.1, 0.15) is 278 Å². The molecule has 0 fully saturated rings. The maximum Gasteiger partial charge on any atom is 0.472 e. The number of ether oxygens (including phenoxy) is 3. The molecule has 0 amide bonds. The topological polar surface area (TPSA) is 155 Å². The maximum absolute atomic E-state index is 12.9. The van der Waals surface area contributed by atoms with E-state index in [1.807, 2.05) is 0 Å². The lowest BCUT2D eigenvalue weighted by Crippen LogP contribution is -2.30. The molecule has 0 bridgehead atoms. The van der Waals surface area contributed by atoms with Gasteiger partial charge in [0, 0.05) is 19.3 Å². The zero-order chi connectivity index (χ0) is 55.5. The van der Waals surface area contributed by atoms with Gasteiger partial charge in [-0.3, -0.25) is 23.4 Å². The summed E-state index contributed by atoms with van der Waals surface area (Å²) in [4.78, 5) is 48.7. The number of hydrogen-bond donors (Lipinski definition) is 2. The van der Waals surface area contributed by atoms with E-state index in [0.717, 1.165) is 128 Å². The van der Waals surface area contributed by atoms with Gasteiger partial charge in [0.05, 0.1) is 19.8 Å². The van der Waals surface area contributed by atoms with E-state index < -0.39 is 57.8 Å². The molecule has 3 atom stereocenters. The van der Waals surface area contributed by atoms with Crippen LogP contribution in [0.3, 0.4) is 0 Å². The molecule has 11 nitrogen and oxygen atoms in total. The molecule has 0 aliphatic rings. The van der Waals surface area contributed by atoms with Crippen LogP contribution in [-0.2, 0) is 42.2 Å². The van der Waals surface area contributed by atoms with E-state index in [1.54, 1.807) is 0 Å². The van der Waals surface area contributed by atoms with Crippen molar-refractivity contribution in [3.05, 3.63) is 72.9 Å². The molecule has 76 heavy (non-hydrogen) atoms. The molecular weight excluding hydrogens is 976 g/mol. The number of carbonyl (C=O) groups excluding carboxylic acids is 3. The fourth-order valence-electron chi connectivity index (χ4n) is 8.45. The third-order valence-corrected chi connectivity index (χ3v) is 14.0. The van der Waals surface area contributed by atoms with Gasteiger partial charge in [-0.15, -0.1) is 0 Å². The van der Waals surface area contributed by atoms with Gasteiger partial charge in [0.1, 0.15) is 12.7 Å². The molecular formula is C64H113O11P. The van der Waals surface area contributed by atoms with Crippen LogP contribution in [0.2, 0.25) is 0 Å². The predicted octanol–water partition coefficient (Wildman–Crippen LogP) is 18.5. The molecule has 0 aromatic heterocycles. The summed E-state index contributed by atoms with van der Waals surface area (Å²) in [7, 11) is -4.76. The number of phosphoric acid groups is 1. The molecule has 0 spiro atoms. The molecule has 0 heterocycles. The van der Waals surface area contributed by atoms with Crippen molar-refractivity contribution in [2.75, 3.05) is 26.4 Å². The highest BCUT2D eigenvalue weighted by atomic mass is 31.2. The Bertz CT molecular complexity index is 1550. The second-order valence-electron chi connectivity index (χ2n) is 20.5. The molecule has 440 valence electrons. The normalized spacial score (nSPS) is 13.8. The van der Waals surface area contributed by atoms with E-state index in [4.69, 9.17) is 23.3 Å². The summed E-state index contributed by atoms with van der Waals surface area (Å²) < 4.78 is 39.6. The number of aliphatic hydroxyl groups is 1. The van der Waals surface area contributed by atoms with Crippen LogP contribution in [0.25, 0.3) is 0 Å². The lowest BCUT2D eigenvalue weighted by molar-refractivity contribution is -0.161. The third-order valence-electron chi connectivity index (χ3n) is 13.1. The van der Waals surface area contributed by atoms with Gasteiger partial charge in [-0.1, -0.05) is 248 Å². The second kappa shape index (κ2) is 58.1. The van der Waals surface area contributed by atoms with E-state index in [0.29, 0.717) is 19.3 Å². The lowest BCUT2D eigenvalue weighted by Gasteiger charge is -2.21. The first-order valence-electron chi connectivity index (χ1n) is 30.8. The zero-order valence-corrected chi connectivity index (χ0v) is 49.6. The Morgan fingerprint density at radius 2 is 0.711 bits per heavy atom. The van der Waals surface area contributed by atoms with Crippen LogP contribution in [0.5, 0.6) is 0 Å². The van der Waals surface area contributed by atoms with Crippen LogP contribution in [0.15, 0.2) is 72.9 Å². The number of rotatable bonds is 57. The summed E-state index contributed by atoms with van der Waals surface area (Å²) in [6.45, 7) is 4.47. The van der Waals surface area contributed by atoms with Crippen LogP contribution < -0.4 is 0 Å². The van der Waals surface area contributed by atoms with E-state index in [1.165, 1.54) is 89.9 Å². The summed E-state index contributed by atoms with van der Waals surface area (Å²) in [5.74, 6) is -1.48. The van der Waals surface area contributed by atoms with Crippen LogP contribution in [-0.4, -0.2) is 66.5 Å². The number of unbranched alkanes of at least 4 members (excludes halogenated alkanes) is 28. The van der Waals surface area contributed by atoms with Gasteiger partial charge in [0.25, 0.3) is 0 Å². The highest BCUT2D eigenvalue weighted by molar-refractivity contribution is 7.47. The molecule has 0 radical (unpaired) electrons. The number of phosphoric ester groups is 1. The van der Waals surface area contributed by atoms with Crippen molar-refractivity contribution in [3.8, 4) is 0 Å². The largest absolute Gasteiger partial charge is 0.472 e. The minimum atomic E-state index is -4.76. The molecule has 0 saturated heterocycles. The van der Waals surface area contributed by atoms with Gasteiger partial charge >= 0.3 is 25.7 Å². The molecule has 0 aliphatic carbocycles. The molecule has 12 heteroatoms. The van der Waals surface area contributed by atoms with Gasteiger partial charge in [-0.05, 0) is 83.5 Å². The van der Waals surface area contributed by atoms with Gasteiger partial charge in [0.15, 0.2) is 6.10 Å². The summed E-state index contributed by atoms with van der Waals surface area (Å²) in [5.41, 5.74) is 0. The number of allylic oxidation sites excluding steroid dienone is 12. The molecule has 0 rings (SSSR count). The van der Waals surface area contributed by atoms with Gasteiger partial charge < -0.3 is 24.2 Å². The van der Waals surface area contributed by atoms with Crippen LogP contribution in [0, 0.1) is 0 Å². The minimum absolute atomic E-state index is 0.160. The second-order valence-corrected chi connectivity index (χ2v) is 21.9.